The van der Waals surface area contributed by atoms with Gasteiger partial charge >= 0.3 is 6.18 Å². The van der Waals surface area contributed by atoms with Crippen LogP contribution in [-0.4, -0.2) is 22.7 Å². The molecule has 0 saturated heterocycles. The second-order valence-electron chi connectivity index (χ2n) is 7.79. The van der Waals surface area contributed by atoms with Gasteiger partial charge in [0.1, 0.15) is 22.9 Å². The third-order valence-corrected chi connectivity index (χ3v) is 4.98. The highest BCUT2D eigenvalue weighted by Gasteiger charge is 2.35. The summed E-state index contributed by atoms with van der Waals surface area (Å²) in [5.41, 5.74) is 0.0804. The first-order chi connectivity index (χ1) is 16.3. The molecular formula is C25H29F3N4O2. The van der Waals surface area contributed by atoms with Crippen molar-refractivity contribution >= 4 is 23.1 Å². The Labute approximate surface area is 197 Å². The molecule has 0 saturated carbocycles. The second kappa shape index (κ2) is 11.6. The Kier molecular flexibility index (Phi) is 8.56. The molecule has 182 valence electrons. The Bertz CT molecular complexity index is 1060. The van der Waals surface area contributed by atoms with E-state index in [1.54, 1.807) is 48.5 Å². The lowest BCUT2D eigenvalue weighted by Gasteiger charge is -2.16. The lowest BCUT2D eigenvalue weighted by Crippen LogP contribution is -2.12. The Morgan fingerprint density at radius 3 is 2.41 bits per heavy atom. The van der Waals surface area contributed by atoms with E-state index in [4.69, 9.17) is 9.47 Å². The predicted molar refractivity (Wildman–Crippen MR) is 127 cm³/mol. The molecule has 9 heteroatoms. The smallest absolute Gasteiger partial charge is 0.421 e. The van der Waals surface area contributed by atoms with Crippen molar-refractivity contribution in [1.29, 1.82) is 0 Å². The number of rotatable bonds is 11. The van der Waals surface area contributed by atoms with Gasteiger partial charge in [-0.25, -0.2) is 4.98 Å². The summed E-state index contributed by atoms with van der Waals surface area (Å²) in [5, 5.41) is 5.70. The number of nitrogens with one attached hydrogen (secondary N) is 2. The van der Waals surface area contributed by atoms with E-state index in [1.807, 2.05) is 13.8 Å². The minimum atomic E-state index is -4.62. The molecule has 0 fully saturated rings. The summed E-state index contributed by atoms with van der Waals surface area (Å²) in [4.78, 5) is 7.95. The van der Waals surface area contributed by atoms with E-state index in [0.717, 1.165) is 25.5 Å². The Morgan fingerprint density at radius 2 is 1.74 bits per heavy atom. The zero-order valence-electron chi connectivity index (χ0n) is 19.4. The molecule has 3 aromatic rings. The number of anilines is 4. The van der Waals surface area contributed by atoms with Gasteiger partial charge in [-0.05, 0) is 56.2 Å². The topological polar surface area (TPSA) is 68.3 Å². The third-order valence-electron chi connectivity index (χ3n) is 4.98. The maximum absolute atomic E-state index is 13.6. The number of halogens is 3. The highest BCUT2D eigenvalue weighted by molar-refractivity contribution is 5.64. The average molecular weight is 475 g/mol. The van der Waals surface area contributed by atoms with Crippen molar-refractivity contribution in [3.05, 3.63) is 60.3 Å². The molecule has 34 heavy (non-hydrogen) atoms. The van der Waals surface area contributed by atoms with Crippen LogP contribution in [0.1, 0.15) is 45.6 Å². The summed E-state index contributed by atoms with van der Waals surface area (Å²) < 4.78 is 52.2. The largest absolute Gasteiger partial charge is 0.494 e. The number of benzene rings is 2. The SMILES string of the molecule is CCCCOc1cccc(Nc2nc(Nc3ccc(OC(C)CC)cc3)ncc2C(F)(F)F)c1. The predicted octanol–water partition coefficient (Wildman–Crippen LogP) is 7.34. The Morgan fingerprint density at radius 1 is 0.971 bits per heavy atom. The van der Waals surface area contributed by atoms with E-state index in [-0.39, 0.29) is 17.9 Å². The van der Waals surface area contributed by atoms with E-state index in [9.17, 15) is 13.2 Å². The van der Waals surface area contributed by atoms with E-state index in [1.165, 1.54) is 0 Å². The number of hydrogen-bond donors (Lipinski definition) is 2. The summed E-state index contributed by atoms with van der Waals surface area (Å²) in [6, 6.07) is 13.8. The molecule has 1 aromatic heterocycles. The van der Waals surface area contributed by atoms with Gasteiger partial charge in [-0.2, -0.15) is 18.2 Å². The molecule has 0 spiro atoms. The van der Waals surface area contributed by atoms with Crippen molar-refractivity contribution in [2.45, 2.75) is 52.3 Å². The zero-order chi connectivity index (χ0) is 24.6. The van der Waals surface area contributed by atoms with Crippen molar-refractivity contribution in [3.63, 3.8) is 0 Å². The monoisotopic (exact) mass is 474 g/mol. The summed E-state index contributed by atoms with van der Waals surface area (Å²) in [5.74, 6) is 0.949. The van der Waals surface area contributed by atoms with Gasteiger partial charge in [0.2, 0.25) is 5.95 Å². The lowest BCUT2D eigenvalue weighted by molar-refractivity contribution is -0.137. The fraction of sp³-hybridized carbons (Fsp3) is 0.360. The first kappa shape index (κ1) is 25.1. The first-order valence-electron chi connectivity index (χ1n) is 11.3. The van der Waals surface area contributed by atoms with Crippen LogP contribution in [0.4, 0.5) is 36.3 Å². The molecule has 1 unspecified atom stereocenters. The van der Waals surface area contributed by atoms with Crippen LogP contribution in [0.3, 0.4) is 0 Å². The van der Waals surface area contributed by atoms with Crippen LogP contribution in [0.2, 0.25) is 0 Å². The Hall–Kier alpha value is -3.49. The van der Waals surface area contributed by atoms with Crippen LogP contribution in [0.15, 0.2) is 54.7 Å². The van der Waals surface area contributed by atoms with E-state index < -0.39 is 11.7 Å². The molecule has 0 radical (unpaired) electrons. The molecule has 3 rings (SSSR count). The second-order valence-corrected chi connectivity index (χ2v) is 7.79. The molecule has 2 aromatic carbocycles. The number of aromatic nitrogens is 2. The van der Waals surface area contributed by atoms with Gasteiger partial charge in [-0.3, -0.25) is 0 Å². The standard InChI is InChI=1S/C25H29F3N4O2/c1-4-6-14-33-21-9-7-8-19(15-21)30-23-22(25(26,27)28)16-29-24(32-23)31-18-10-12-20(13-11-18)34-17(3)5-2/h7-13,15-17H,4-6,14H2,1-3H3,(H2,29,30,31,32). The number of ether oxygens (including phenoxy) is 2. The lowest BCUT2D eigenvalue weighted by atomic mass is 10.2. The third kappa shape index (κ3) is 7.26. The maximum atomic E-state index is 13.6. The van der Waals surface area contributed by atoms with Crippen LogP contribution in [0, 0.1) is 0 Å². The van der Waals surface area contributed by atoms with Gasteiger partial charge in [0.05, 0.1) is 12.7 Å². The number of nitrogens with zero attached hydrogens (tertiary/aromatic N) is 2. The van der Waals surface area contributed by atoms with Gasteiger partial charge in [0.15, 0.2) is 0 Å². The van der Waals surface area contributed by atoms with Crippen molar-refractivity contribution in [2.75, 3.05) is 17.2 Å². The van der Waals surface area contributed by atoms with E-state index >= 15 is 0 Å². The number of hydrogen-bond acceptors (Lipinski definition) is 6. The summed E-state index contributed by atoms with van der Waals surface area (Å²) >= 11 is 0. The highest BCUT2D eigenvalue weighted by Crippen LogP contribution is 2.36. The molecular weight excluding hydrogens is 445 g/mol. The van der Waals surface area contributed by atoms with Gasteiger partial charge in [0.25, 0.3) is 0 Å². The number of unbranched alkanes of at least 4 members (excludes halogenated alkanes) is 1. The molecule has 0 bridgehead atoms. The minimum Gasteiger partial charge on any atom is -0.494 e. The maximum Gasteiger partial charge on any atom is 0.421 e. The molecule has 2 N–H and O–H groups in total. The van der Waals surface area contributed by atoms with Crippen molar-refractivity contribution < 1.29 is 22.6 Å². The normalized spacial score (nSPS) is 12.2. The van der Waals surface area contributed by atoms with Crippen LogP contribution < -0.4 is 20.1 Å². The summed E-state index contributed by atoms with van der Waals surface area (Å²) in [6.07, 6.45) is -1.02. The molecule has 1 heterocycles. The van der Waals surface area contributed by atoms with Crippen molar-refractivity contribution in [3.8, 4) is 11.5 Å². The highest BCUT2D eigenvalue weighted by atomic mass is 19.4. The van der Waals surface area contributed by atoms with Gasteiger partial charge in [-0.1, -0.05) is 26.3 Å². The minimum absolute atomic E-state index is 0.0291. The zero-order valence-corrected chi connectivity index (χ0v) is 19.4. The van der Waals surface area contributed by atoms with Crippen LogP contribution in [0.5, 0.6) is 11.5 Å². The molecule has 6 nitrogen and oxygen atoms in total. The van der Waals surface area contributed by atoms with Gasteiger partial charge in [0, 0.05) is 23.6 Å². The molecule has 1 atom stereocenters. The van der Waals surface area contributed by atoms with Crippen LogP contribution in [-0.2, 0) is 6.18 Å². The molecule has 0 aliphatic rings. The fourth-order valence-corrected chi connectivity index (χ4v) is 2.94. The number of alkyl halides is 3. The van der Waals surface area contributed by atoms with Crippen molar-refractivity contribution in [2.24, 2.45) is 0 Å². The Balaban J connectivity index is 1.80. The van der Waals surface area contributed by atoms with Crippen LogP contribution in [0.25, 0.3) is 0 Å². The van der Waals surface area contributed by atoms with Gasteiger partial charge in [-0.15, -0.1) is 0 Å². The van der Waals surface area contributed by atoms with Crippen LogP contribution >= 0.6 is 0 Å². The van der Waals surface area contributed by atoms with E-state index in [2.05, 4.69) is 27.5 Å². The molecule has 0 amide bonds. The van der Waals surface area contributed by atoms with E-state index in [0.29, 0.717) is 29.5 Å². The van der Waals surface area contributed by atoms with Gasteiger partial charge < -0.3 is 20.1 Å². The molecule has 0 aliphatic heterocycles. The first-order valence-corrected chi connectivity index (χ1v) is 11.3. The quantitative estimate of drug-likeness (QED) is 0.283. The summed E-state index contributed by atoms with van der Waals surface area (Å²) in [7, 11) is 0. The summed E-state index contributed by atoms with van der Waals surface area (Å²) in [6.45, 7) is 6.60. The average Bonchev–Trinajstić information content (AvgIpc) is 2.80. The fourth-order valence-electron chi connectivity index (χ4n) is 2.94. The van der Waals surface area contributed by atoms with Crippen molar-refractivity contribution in [1.82, 2.24) is 9.97 Å². The molecule has 0 aliphatic carbocycles.